The number of methoxy groups -OCH3 is 1. The first-order chi connectivity index (χ1) is 10.7. The van der Waals surface area contributed by atoms with Crippen molar-refractivity contribution in [2.24, 2.45) is 0 Å². The fraction of sp³-hybridized carbons (Fsp3) is 0.500. The number of esters is 1. The van der Waals surface area contributed by atoms with Gasteiger partial charge in [0.15, 0.2) is 11.5 Å². The van der Waals surface area contributed by atoms with Crippen molar-refractivity contribution in [3.05, 3.63) is 23.8 Å². The second-order valence-corrected chi connectivity index (χ2v) is 5.01. The van der Waals surface area contributed by atoms with E-state index in [4.69, 9.17) is 9.47 Å². The van der Waals surface area contributed by atoms with Crippen molar-refractivity contribution < 1.29 is 23.8 Å². The Labute approximate surface area is 129 Å². The van der Waals surface area contributed by atoms with Crippen LogP contribution in [0, 0.1) is 0 Å². The van der Waals surface area contributed by atoms with Gasteiger partial charge in [-0.25, -0.2) is 0 Å². The molecule has 0 saturated carbocycles. The van der Waals surface area contributed by atoms with Crippen LogP contribution in [0.5, 0.6) is 11.5 Å². The number of carbonyl (C=O) groups excluding carboxylic acids is 2. The van der Waals surface area contributed by atoms with Gasteiger partial charge in [-0.1, -0.05) is 6.07 Å². The van der Waals surface area contributed by atoms with E-state index in [1.54, 1.807) is 0 Å². The van der Waals surface area contributed by atoms with Gasteiger partial charge in [-0.05, 0) is 24.1 Å². The first kappa shape index (κ1) is 16.1. The average Bonchev–Trinajstić information content (AvgIpc) is 2.77. The third-order valence-corrected chi connectivity index (χ3v) is 3.33. The van der Waals surface area contributed by atoms with Gasteiger partial charge >= 0.3 is 5.97 Å². The smallest absolute Gasteiger partial charge is 0.306 e. The van der Waals surface area contributed by atoms with Gasteiger partial charge in [0.05, 0.1) is 26.7 Å². The molecule has 0 saturated heterocycles. The molecule has 0 aliphatic carbocycles. The van der Waals surface area contributed by atoms with Gasteiger partial charge in [-0.2, -0.15) is 0 Å². The van der Waals surface area contributed by atoms with Crippen LogP contribution in [-0.2, 0) is 20.7 Å². The Morgan fingerprint density at radius 1 is 1.18 bits per heavy atom. The molecule has 6 nitrogen and oxygen atoms in total. The number of nitrogens with one attached hydrogen (secondary N) is 1. The second-order valence-electron chi connectivity index (χ2n) is 5.01. The molecule has 1 heterocycles. The summed E-state index contributed by atoms with van der Waals surface area (Å²) in [6, 6.07) is 5.81. The van der Waals surface area contributed by atoms with E-state index in [1.165, 1.54) is 7.11 Å². The van der Waals surface area contributed by atoms with Gasteiger partial charge in [0.25, 0.3) is 0 Å². The second kappa shape index (κ2) is 8.26. The van der Waals surface area contributed by atoms with E-state index >= 15 is 0 Å². The first-order valence-corrected chi connectivity index (χ1v) is 7.41. The lowest BCUT2D eigenvalue weighted by atomic mass is 10.1. The van der Waals surface area contributed by atoms with Crippen LogP contribution in [0.2, 0.25) is 0 Å². The van der Waals surface area contributed by atoms with Crippen molar-refractivity contribution in [3.63, 3.8) is 0 Å². The molecule has 2 rings (SSSR count). The predicted octanol–water partition coefficient (Wildman–Crippen LogP) is 1.46. The van der Waals surface area contributed by atoms with Gasteiger partial charge in [-0.3, -0.25) is 9.59 Å². The molecule has 0 spiro atoms. The molecule has 6 heteroatoms. The van der Waals surface area contributed by atoms with Crippen LogP contribution in [0.3, 0.4) is 0 Å². The maximum atomic E-state index is 11.6. The van der Waals surface area contributed by atoms with E-state index in [0.717, 1.165) is 23.5 Å². The van der Waals surface area contributed by atoms with Crippen LogP contribution in [0.15, 0.2) is 18.2 Å². The topological polar surface area (TPSA) is 73.9 Å². The van der Waals surface area contributed by atoms with Crippen molar-refractivity contribution in [1.82, 2.24) is 5.32 Å². The number of ether oxygens (including phenoxy) is 3. The first-order valence-electron chi connectivity index (χ1n) is 7.41. The summed E-state index contributed by atoms with van der Waals surface area (Å²) in [6.45, 7) is 1.84. The number of carbonyl (C=O) groups is 2. The highest BCUT2D eigenvalue weighted by atomic mass is 16.5. The lowest BCUT2D eigenvalue weighted by Crippen LogP contribution is -2.26. The third-order valence-electron chi connectivity index (χ3n) is 3.33. The van der Waals surface area contributed by atoms with E-state index in [-0.39, 0.29) is 24.7 Å². The molecular formula is C16H21NO5. The number of fused-ring (bicyclic) bond motifs is 1. The van der Waals surface area contributed by atoms with Gasteiger partial charge in [0.1, 0.15) is 0 Å². The SMILES string of the molecule is COC(=O)CCC(=O)NCCc1ccc2c(c1)OCCCO2. The van der Waals surface area contributed by atoms with Gasteiger partial charge in [0.2, 0.25) is 5.91 Å². The Morgan fingerprint density at radius 3 is 2.73 bits per heavy atom. The van der Waals surface area contributed by atoms with E-state index in [0.29, 0.717) is 26.2 Å². The fourth-order valence-electron chi connectivity index (χ4n) is 2.12. The van der Waals surface area contributed by atoms with E-state index < -0.39 is 0 Å². The zero-order valence-electron chi connectivity index (χ0n) is 12.7. The van der Waals surface area contributed by atoms with Crippen LogP contribution in [0.4, 0.5) is 0 Å². The zero-order chi connectivity index (χ0) is 15.8. The number of amides is 1. The molecule has 1 aromatic carbocycles. The van der Waals surface area contributed by atoms with Crippen LogP contribution in [0.1, 0.15) is 24.8 Å². The van der Waals surface area contributed by atoms with Gasteiger partial charge < -0.3 is 19.5 Å². The molecule has 1 N–H and O–H groups in total. The Hall–Kier alpha value is -2.24. The summed E-state index contributed by atoms with van der Waals surface area (Å²) in [4.78, 5) is 22.5. The standard InChI is InChI=1S/C16H21NO5/c1-20-16(19)6-5-15(18)17-8-7-12-3-4-13-14(11-12)22-10-2-9-21-13/h3-4,11H,2,5-10H2,1H3,(H,17,18). The van der Waals surface area contributed by atoms with Crippen molar-refractivity contribution in [2.45, 2.75) is 25.7 Å². The average molecular weight is 307 g/mol. The van der Waals surface area contributed by atoms with Crippen molar-refractivity contribution >= 4 is 11.9 Å². The minimum Gasteiger partial charge on any atom is -0.490 e. The van der Waals surface area contributed by atoms with Crippen LogP contribution >= 0.6 is 0 Å². The Morgan fingerprint density at radius 2 is 1.95 bits per heavy atom. The molecule has 1 aromatic rings. The lowest BCUT2D eigenvalue weighted by molar-refractivity contribution is -0.142. The van der Waals surface area contributed by atoms with Crippen molar-refractivity contribution in [2.75, 3.05) is 26.9 Å². The van der Waals surface area contributed by atoms with Crippen LogP contribution in [-0.4, -0.2) is 38.7 Å². The summed E-state index contributed by atoms with van der Waals surface area (Å²) in [6.07, 6.45) is 1.82. The summed E-state index contributed by atoms with van der Waals surface area (Å²) >= 11 is 0. The fourth-order valence-corrected chi connectivity index (χ4v) is 2.12. The number of hydrogen-bond acceptors (Lipinski definition) is 5. The van der Waals surface area contributed by atoms with Crippen LogP contribution in [0.25, 0.3) is 0 Å². The summed E-state index contributed by atoms with van der Waals surface area (Å²) in [5.41, 5.74) is 1.07. The highest BCUT2D eigenvalue weighted by molar-refractivity contribution is 5.81. The molecule has 0 aromatic heterocycles. The quantitative estimate of drug-likeness (QED) is 0.805. The van der Waals surface area contributed by atoms with Crippen LogP contribution < -0.4 is 14.8 Å². The predicted molar refractivity (Wildman–Crippen MR) is 80.0 cm³/mol. The Balaban J connectivity index is 1.76. The normalized spacial score (nSPS) is 13.1. The molecule has 22 heavy (non-hydrogen) atoms. The molecule has 1 amide bonds. The molecule has 120 valence electrons. The number of rotatable bonds is 6. The number of hydrogen-bond donors (Lipinski definition) is 1. The maximum Gasteiger partial charge on any atom is 0.306 e. The molecular weight excluding hydrogens is 286 g/mol. The van der Waals surface area contributed by atoms with Crippen molar-refractivity contribution in [1.29, 1.82) is 0 Å². The molecule has 0 unspecified atom stereocenters. The highest BCUT2D eigenvalue weighted by Gasteiger charge is 2.11. The highest BCUT2D eigenvalue weighted by Crippen LogP contribution is 2.30. The molecule has 0 fully saturated rings. The minimum absolute atomic E-state index is 0.104. The third kappa shape index (κ3) is 4.95. The van der Waals surface area contributed by atoms with Crippen molar-refractivity contribution in [3.8, 4) is 11.5 Å². The summed E-state index contributed by atoms with van der Waals surface area (Å²) < 4.78 is 15.7. The Kier molecular flexibility index (Phi) is 6.06. The minimum atomic E-state index is -0.377. The zero-order valence-corrected chi connectivity index (χ0v) is 12.7. The lowest BCUT2D eigenvalue weighted by Gasteiger charge is -2.10. The number of benzene rings is 1. The van der Waals surface area contributed by atoms with E-state index in [1.807, 2.05) is 18.2 Å². The summed E-state index contributed by atoms with van der Waals surface area (Å²) in [5, 5.41) is 2.78. The summed E-state index contributed by atoms with van der Waals surface area (Å²) in [5.74, 6) is 0.994. The molecule has 0 bridgehead atoms. The van der Waals surface area contributed by atoms with E-state index in [2.05, 4.69) is 10.1 Å². The summed E-state index contributed by atoms with van der Waals surface area (Å²) in [7, 11) is 1.31. The molecule has 0 radical (unpaired) electrons. The monoisotopic (exact) mass is 307 g/mol. The largest absolute Gasteiger partial charge is 0.490 e. The molecule has 1 aliphatic heterocycles. The maximum absolute atomic E-state index is 11.6. The molecule has 1 aliphatic rings. The van der Waals surface area contributed by atoms with E-state index in [9.17, 15) is 9.59 Å². The molecule has 0 atom stereocenters. The van der Waals surface area contributed by atoms with Gasteiger partial charge in [0, 0.05) is 19.4 Å². The Bertz CT molecular complexity index is 529. The van der Waals surface area contributed by atoms with Gasteiger partial charge in [-0.15, -0.1) is 0 Å².